The number of hydrogen-bond acceptors (Lipinski definition) is 2. The Labute approximate surface area is 110 Å². The van der Waals surface area contributed by atoms with Gasteiger partial charge in [-0.05, 0) is 37.7 Å². The molecule has 1 atom stereocenters. The van der Waals surface area contributed by atoms with Crippen LogP contribution in [0, 0.1) is 5.92 Å². The minimum Gasteiger partial charge on any atom is -0.311 e. The Balaban J connectivity index is 2.41. The monoisotopic (exact) mass is 254 g/mol. The van der Waals surface area contributed by atoms with E-state index in [-0.39, 0.29) is 0 Å². The lowest BCUT2D eigenvalue weighted by molar-refractivity contribution is 0.224. The lowest BCUT2D eigenvalue weighted by Gasteiger charge is -2.28. The third-order valence-corrected chi connectivity index (χ3v) is 3.24. The molecule has 1 rings (SSSR count). The first kappa shape index (κ1) is 14.5. The first-order valence-corrected chi connectivity index (χ1v) is 6.50. The fourth-order valence-corrected chi connectivity index (χ4v) is 2.24. The average molecular weight is 255 g/mol. The van der Waals surface area contributed by atoms with Crippen LogP contribution in [0.3, 0.4) is 0 Å². The van der Waals surface area contributed by atoms with Gasteiger partial charge in [0.1, 0.15) is 0 Å². The maximum atomic E-state index is 5.95. The van der Waals surface area contributed by atoms with Crippen molar-refractivity contribution in [3.8, 4) is 0 Å². The Hall–Kier alpha value is -0.570. The fraction of sp³-hybridized carbons (Fsp3) is 0.571. The quantitative estimate of drug-likeness (QED) is 0.840. The zero-order valence-corrected chi connectivity index (χ0v) is 12.0. The molecule has 3 heteroatoms. The molecular weight excluding hydrogens is 232 g/mol. The van der Waals surface area contributed by atoms with Crippen LogP contribution >= 0.6 is 11.6 Å². The van der Waals surface area contributed by atoms with E-state index in [9.17, 15) is 0 Å². The molecule has 0 heterocycles. The summed E-state index contributed by atoms with van der Waals surface area (Å²) in [6.07, 6.45) is 0. The van der Waals surface area contributed by atoms with Gasteiger partial charge in [-0.1, -0.05) is 37.6 Å². The van der Waals surface area contributed by atoms with Crippen molar-refractivity contribution in [1.82, 2.24) is 10.2 Å². The summed E-state index contributed by atoms with van der Waals surface area (Å²) < 4.78 is 0. The molecule has 1 aromatic carbocycles. The van der Waals surface area contributed by atoms with Crippen molar-refractivity contribution in [2.75, 3.05) is 20.6 Å². The molecule has 0 aliphatic rings. The van der Waals surface area contributed by atoms with Gasteiger partial charge in [-0.25, -0.2) is 0 Å². The SMILES string of the molecule is CC(C)C(CNCc1cccc(Cl)c1)N(C)C. The molecule has 0 aliphatic heterocycles. The molecule has 0 aromatic heterocycles. The summed E-state index contributed by atoms with van der Waals surface area (Å²) in [5.74, 6) is 0.650. The Morgan fingerprint density at radius 3 is 2.53 bits per heavy atom. The molecule has 17 heavy (non-hydrogen) atoms. The van der Waals surface area contributed by atoms with Crippen LogP contribution in [0.15, 0.2) is 24.3 Å². The van der Waals surface area contributed by atoms with Crippen LogP contribution in [0.2, 0.25) is 5.02 Å². The van der Waals surface area contributed by atoms with Crippen LogP contribution in [0.1, 0.15) is 19.4 Å². The van der Waals surface area contributed by atoms with Crippen molar-refractivity contribution in [3.63, 3.8) is 0 Å². The summed E-state index contributed by atoms with van der Waals surface area (Å²) in [4.78, 5) is 2.27. The first-order chi connectivity index (χ1) is 8.00. The van der Waals surface area contributed by atoms with Gasteiger partial charge in [0.2, 0.25) is 0 Å². The molecule has 1 unspecified atom stereocenters. The largest absolute Gasteiger partial charge is 0.311 e. The maximum absolute atomic E-state index is 5.95. The minimum atomic E-state index is 0.564. The van der Waals surface area contributed by atoms with Crippen molar-refractivity contribution in [2.45, 2.75) is 26.4 Å². The number of halogens is 1. The second kappa shape index (κ2) is 7.00. The highest BCUT2D eigenvalue weighted by Crippen LogP contribution is 2.11. The molecular formula is C14H23ClN2. The van der Waals surface area contributed by atoms with E-state index in [1.54, 1.807) is 0 Å². The standard InChI is InChI=1S/C14H23ClN2/c1-11(2)14(17(3)4)10-16-9-12-6-5-7-13(15)8-12/h5-8,11,14,16H,9-10H2,1-4H3. The highest BCUT2D eigenvalue weighted by molar-refractivity contribution is 6.30. The molecule has 0 fully saturated rings. The topological polar surface area (TPSA) is 15.3 Å². The van der Waals surface area contributed by atoms with E-state index < -0.39 is 0 Å². The molecule has 0 spiro atoms. The molecule has 1 aromatic rings. The van der Waals surface area contributed by atoms with Crippen LogP contribution in [0.5, 0.6) is 0 Å². The predicted octanol–water partition coefficient (Wildman–Crippen LogP) is 3.02. The number of nitrogens with one attached hydrogen (secondary N) is 1. The maximum Gasteiger partial charge on any atom is 0.0409 e. The van der Waals surface area contributed by atoms with E-state index >= 15 is 0 Å². The summed E-state index contributed by atoms with van der Waals surface area (Å²) in [6, 6.07) is 8.56. The number of hydrogen-bond donors (Lipinski definition) is 1. The van der Waals surface area contributed by atoms with Crippen LogP contribution < -0.4 is 5.32 Å². The lowest BCUT2D eigenvalue weighted by Crippen LogP contribution is -2.41. The van der Waals surface area contributed by atoms with Crippen molar-refractivity contribution < 1.29 is 0 Å². The van der Waals surface area contributed by atoms with Gasteiger partial charge >= 0.3 is 0 Å². The molecule has 1 N–H and O–H groups in total. The molecule has 0 bridgehead atoms. The number of likely N-dealkylation sites (N-methyl/N-ethyl adjacent to an activating group) is 1. The van der Waals surface area contributed by atoms with Gasteiger partial charge in [-0.3, -0.25) is 0 Å². The molecule has 96 valence electrons. The first-order valence-electron chi connectivity index (χ1n) is 6.12. The van der Waals surface area contributed by atoms with Gasteiger partial charge in [0, 0.05) is 24.2 Å². The second-order valence-electron chi connectivity index (χ2n) is 5.04. The van der Waals surface area contributed by atoms with Crippen molar-refractivity contribution in [3.05, 3.63) is 34.9 Å². The van der Waals surface area contributed by atoms with Crippen LogP contribution in [0.4, 0.5) is 0 Å². The molecule has 0 amide bonds. The van der Waals surface area contributed by atoms with E-state index in [2.05, 4.69) is 44.2 Å². The Kier molecular flexibility index (Phi) is 5.96. The minimum absolute atomic E-state index is 0.564. The Bertz CT molecular complexity index is 329. The molecule has 0 saturated heterocycles. The summed E-state index contributed by atoms with van der Waals surface area (Å²) in [6.45, 7) is 6.38. The van der Waals surface area contributed by atoms with Gasteiger partial charge in [-0.15, -0.1) is 0 Å². The van der Waals surface area contributed by atoms with Gasteiger partial charge in [-0.2, -0.15) is 0 Å². The summed E-state index contributed by atoms with van der Waals surface area (Å²) in [5, 5.41) is 4.29. The average Bonchev–Trinajstić information content (AvgIpc) is 2.23. The Morgan fingerprint density at radius 2 is 2.00 bits per heavy atom. The normalized spacial score (nSPS) is 13.4. The third kappa shape index (κ3) is 5.07. The molecule has 0 aliphatic carbocycles. The van der Waals surface area contributed by atoms with E-state index in [1.165, 1.54) is 5.56 Å². The smallest absolute Gasteiger partial charge is 0.0409 e. The van der Waals surface area contributed by atoms with E-state index in [0.29, 0.717) is 12.0 Å². The van der Waals surface area contributed by atoms with Gasteiger partial charge in [0.15, 0.2) is 0 Å². The van der Waals surface area contributed by atoms with Crippen LogP contribution in [-0.2, 0) is 6.54 Å². The zero-order chi connectivity index (χ0) is 12.8. The summed E-state index contributed by atoms with van der Waals surface area (Å²) >= 11 is 5.95. The lowest BCUT2D eigenvalue weighted by atomic mass is 10.0. The van der Waals surface area contributed by atoms with Crippen LogP contribution in [-0.4, -0.2) is 31.6 Å². The summed E-state index contributed by atoms with van der Waals surface area (Å²) in [7, 11) is 4.26. The van der Waals surface area contributed by atoms with Crippen LogP contribution in [0.25, 0.3) is 0 Å². The van der Waals surface area contributed by atoms with Gasteiger partial charge < -0.3 is 10.2 Å². The predicted molar refractivity (Wildman–Crippen MR) is 75.5 cm³/mol. The Morgan fingerprint density at radius 1 is 1.29 bits per heavy atom. The second-order valence-corrected chi connectivity index (χ2v) is 5.47. The summed E-state index contributed by atoms with van der Waals surface area (Å²) in [5.41, 5.74) is 1.23. The number of nitrogens with zero attached hydrogens (tertiary/aromatic N) is 1. The zero-order valence-electron chi connectivity index (χ0n) is 11.2. The highest BCUT2D eigenvalue weighted by Gasteiger charge is 2.14. The molecule has 0 radical (unpaired) electrons. The van der Waals surface area contributed by atoms with E-state index in [0.717, 1.165) is 18.1 Å². The van der Waals surface area contributed by atoms with Crippen molar-refractivity contribution in [1.29, 1.82) is 0 Å². The van der Waals surface area contributed by atoms with Gasteiger partial charge in [0.05, 0.1) is 0 Å². The third-order valence-electron chi connectivity index (χ3n) is 3.00. The van der Waals surface area contributed by atoms with E-state index in [1.807, 2.05) is 18.2 Å². The van der Waals surface area contributed by atoms with Crippen molar-refractivity contribution >= 4 is 11.6 Å². The molecule has 0 saturated carbocycles. The van der Waals surface area contributed by atoms with E-state index in [4.69, 9.17) is 11.6 Å². The molecule has 2 nitrogen and oxygen atoms in total. The fourth-order valence-electron chi connectivity index (χ4n) is 2.03. The van der Waals surface area contributed by atoms with Gasteiger partial charge in [0.25, 0.3) is 0 Å². The highest BCUT2D eigenvalue weighted by atomic mass is 35.5. The number of benzene rings is 1. The number of rotatable bonds is 6. The van der Waals surface area contributed by atoms with Crippen molar-refractivity contribution in [2.24, 2.45) is 5.92 Å².